The van der Waals surface area contributed by atoms with Crippen LogP contribution < -0.4 is 0 Å². The molecule has 9 aromatic rings. The predicted octanol–water partition coefficient (Wildman–Crippen LogP) is 10.1. The summed E-state index contributed by atoms with van der Waals surface area (Å²) < 4.78 is 12.8. The third kappa shape index (κ3) is 4.39. The molecule has 0 fully saturated rings. The lowest BCUT2D eigenvalue weighted by Crippen LogP contribution is -2.00. The van der Waals surface area contributed by atoms with E-state index in [0.717, 1.165) is 49.4 Å². The van der Waals surface area contributed by atoms with E-state index < -0.39 is 0 Å². The maximum Gasteiger partial charge on any atom is 0.167 e. The quantitative estimate of drug-likeness (QED) is 0.194. The fourth-order valence-electron chi connectivity index (χ4n) is 6.37. The van der Waals surface area contributed by atoms with Gasteiger partial charge in [0.1, 0.15) is 22.3 Å². The zero-order valence-electron chi connectivity index (χ0n) is 25.2. The fourth-order valence-corrected chi connectivity index (χ4v) is 6.37. The Morgan fingerprint density at radius 2 is 1.04 bits per heavy atom. The second kappa shape index (κ2) is 10.8. The predicted molar refractivity (Wildman–Crippen MR) is 186 cm³/mol. The summed E-state index contributed by atoms with van der Waals surface area (Å²) in [5.41, 5.74) is 8.13. The number of hydrogen-bond acceptors (Lipinski definition) is 7. The molecule has 222 valence electrons. The summed E-state index contributed by atoms with van der Waals surface area (Å²) in [5, 5.41) is 23.2. The largest absolute Gasteiger partial charge is 0.456 e. The summed E-state index contributed by atoms with van der Waals surface area (Å²) in [4.78, 5) is 14.6. The number of aromatic nitrogens is 3. The van der Waals surface area contributed by atoms with E-state index in [2.05, 4.69) is 42.5 Å². The Kier molecular flexibility index (Phi) is 6.11. The van der Waals surface area contributed by atoms with Crippen molar-refractivity contribution in [2.45, 2.75) is 0 Å². The van der Waals surface area contributed by atoms with Crippen molar-refractivity contribution in [2.75, 3.05) is 0 Å². The van der Waals surface area contributed by atoms with Crippen LogP contribution in [0.3, 0.4) is 0 Å². The molecule has 3 heterocycles. The number of rotatable bonds is 4. The van der Waals surface area contributed by atoms with Crippen molar-refractivity contribution < 1.29 is 8.83 Å². The third-order valence-electron chi connectivity index (χ3n) is 8.59. The lowest BCUT2D eigenvalue weighted by atomic mass is 9.97. The molecule has 9 rings (SSSR count). The molecule has 0 saturated heterocycles. The molecule has 48 heavy (non-hydrogen) atoms. The van der Waals surface area contributed by atoms with Gasteiger partial charge in [-0.05, 0) is 65.7 Å². The van der Waals surface area contributed by atoms with E-state index >= 15 is 0 Å². The van der Waals surface area contributed by atoms with Gasteiger partial charge in [-0.2, -0.15) is 10.5 Å². The van der Waals surface area contributed by atoms with Crippen molar-refractivity contribution in [3.8, 4) is 57.4 Å². The molecule has 0 amide bonds. The van der Waals surface area contributed by atoms with Crippen LogP contribution in [0.15, 0.2) is 136 Å². The number of para-hydroxylation sites is 2. The van der Waals surface area contributed by atoms with Gasteiger partial charge in [-0.15, -0.1) is 0 Å². The van der Waals surface area contributed by atoms with Gasteiger partial charge in [-0.3, -0.25) is 0 Å². The van der Waals surface area contributed by atoms with E-state index in [1.54, 1.807) is 36.4 Å². The summed E-state index contributed by atoms with van der Waals surface area (Å²) in [5.74, 6) is 1.22. The first-order chi connectivity index (χ1) is 23.7. The Hall–Kier alpha value is -7.09. The molecule has 0 atom stereocenters. The molecule has 7 nitrogen and oxygen atoms in total. The van der Waals surface area contributed by atoms with Crippen LogP contribution in [0.5, 0.6) is 0 Å². The van der Waals surface area contributed by atoms with Crippen molar-refractivity contribution in [1.82, 2.24) is 15.0 Å². The van der Waals surface area contributed by atoms with Gasteiger partial charge in [-0.25, -0.2) is 15.0 Å². The summed E-state index contributed by atoms with van der Waals surface area (Å²) >= 11 is 0. The zero-order valence-corrected chi connectivity index (χ0v) is 25.2. The standard InChI is InChI=1S/C41H21N5O2/c42-22-24-7-3-9-27(19-24)39-44-40(28-10-4-8-25(20-28)23-43)46-41(45-39)33-14-5-13-32-37-29(12-6-16-35(37)48-38(32)33)26-17-18-31-30-11-1-2-15-34(30)47-36(31)21-26/h1-21H. The van der Waals surface area contributed by atoms with Gasteiger partial charge in [0.15, 0.2) is 17.5 Å². The van der Waals surface area contributed by atoms with Crippen molar-refractivity contribution in [3.63, 3.8) is 0 Å². The molecule has 0 aliphatic heterocycles. The molecule has 0 bridgehead atoms. The number of furan rings is 2. The molecule has 0 saturated carbocycles. The number of nitriles is 2. The van der Waals surface area contributed by atoms with Crippen LogP contribution in [0.2, 0.25) is 0 Å². The van der Waals surface area contributed by atoms with E-state index in [1.807, 2.05) is 60.7 Å². The number of benzene rings is 6. The van der Waals surface area contributed by atoms with Crippen LogP contribution in [-0.4, -0.2) is 15.0 Å². The van der Waals surface area contributed by atoms with Crippen LogP contribution in [-0.2, 0) is 0 Å². The Balaban J connectivity index is 1.26. The van der Waals surface area contributed by atoms with Gasteiger partial charge in [0, 0.05) is 32.7 Å². The number of fused-ring (bicyclic) bond motifs is 6. The Morgan fingerprint density at radius 3 is 1.79 bits per heavy atom. The third-order valence-corrected chi connectivity index (χ3v) is 8.59. The van der Waals surface area contributed by atoms with Crippen molar-refractivity contribution in [1.29, 1.82) is 10.5 Å². The van der Waals surface area contributed by atoms with E-state index in [1.165, 1.54) is 0 Å². The highest BCUT2D eigenvalue weighted by Crippen LogP contribution is 2.41. The Morgan fingerprint density at radius 1 is 0.438 bits per heavy atom. The summed E-state index contributed by atoms with van der Waals surface area (Å²) in [6, 6.07) is 45.1. The van der Waals surface area contributed by atoms with Crippen LogP contribution in [0, 0.1) is 22.7 Å². The van der Waals surface area contributed by atoms with Crippen molar-refractivity contribution in [3.05, 3.63) is 139 Å². The first kappa shape index (κ1) is 27.2. The smallest absolute Gasteiger partial charge is 0.167 e. The second-order valence-corrected chi connectivity index (χ2v) is 11.5. The van der Waals surface area contributed by atoms with Crippen LogP contribution in [0.1, 0.15) is 11.1 Å². The zero-order chi connectivity index (χ0) is 32.2. The molecular weight excluding hydrogens is 594 g/mol. The summed E-state index contributed by atoms with van der Waals surface area (Å²) in [7, 11) is 0. The van der Waals surface area contributed by atoms with Gasteiger partial charge in [-0.1, -0.05) is 72.8 Å². The van der Waals surface area contributed by atoms with Crippen molar-refractivity contribution in [2.24, 2.45) is 0 Å². The molecular formula is C41H21N5O2. The van der Waals surface area contributed by atoms with E-state index in [4.69, 9.17) is 23.8 Å². The molecule has 0 aliphatic rings. The molecule has 0 radical (unpaired) electrons. The summed E-state index contributed by atoms with van der Waals surface area (Å²) in [6.45, 7) is 0. The van der Waals surface area contributed by atoms with Crippen LogP contribution in [0.4, 0.5) is 0 Å². The SMILES string of the molecule is N#Cc1cccc(-c2nc(-c3cccc(C#N)c3)nc(-c3cccc4c3oc3cccc(-c5ccc6c(c5)oc5ccccc56)c34)n2)c1. The van der Waals surface area contributed by atoms with Gasteiger partial charge >= 0.3 is 0 Å². The highest BCUT2D eigenvalue weighted by molar-refractivity contribution is 6.16. The normalized spacial score (nSPS) is 11.3. The van der Waals surface area contributed by atoms with Gasteiger partial charge < -0.3 is 8.83 Å². The average Bonchev–Trinajstić information content (AvgIpc) is 3.73. The molecule has 0 spiro atoms. The first-order valence-electron chi connectivity index (χ1n) is 15.3. The molecule has 0 aliphatic carbocycles. The van der Waals surface area contributed by atoms with E-state index in [9.17, 15) is 10.5 Å². The minimum Gasteiger partial charge on any atom is -0.456 e. The lowest BCUT2D eigenvalue weighted by Gasteiger charge is -2.09. The molecule has 0 N–H and O–H groups in total. The highest BCUT2D eigenvalue weighted by Gasteiger charge is 2.20. The van der Waals surface area contributed by atoms with E-state index in [0.29, 0.717) is 50.9 Å². The second-order valence-electron chi connectivity index (χ2n) is 11.5. The van der Waals surface area contributed by atoms with Gasteiger partial charge in [0.05, 0.1) is 28.8 Å². The molecule has 3 aromatic heterocycles. The monoisotopic (exact) mass is 615 g/mol. The first-order valence-corrected chi connectivity index (χ1v) is 15.3. The van der Waals surface area contributed by atoms with Gasteiger partial charge in [0.2, 0.25) is 0 Å². The fraction of sp³-hybridized carbons (Fsp3) is 0. The minimum atomic E-state index is 0.405. The maximum absolute atomic E-state index is 9.56. The topological polar surface area (TPSA) is 113 Å². The van der Waals surface area contributed by atoms with Gasteiger partial charge in [0.25, 0.3) is 0 Å². The maximum atomic E-state index is 9.56. The Labute approximate surface area is 273 Å². The number of nitrogens with zero attached hydrogens (tertiary/aromatic N) is 5. The average molecular weight is 616 g/mol. The van der Waals surface area contributed by atoms with Crippen molar-refractivity contribution >= 4 is 43.9 Å². The van der Waals surface area contributed by atoms with E-state index in [-0.39, 0.29) is 0 Å². The molecule has 0 unspecified atom stereocenters. The molecule has 6 aromatic carbocycles. The molecule has 7 heteroatoms. The highest BCUT2D eigenvalue weighted by atomic mass is 16.3. The lowest BCUT2D eigenvalue weighted by molar-refractivity contribution is 0.668. The Bertz CT molecular complexity index is 2760. The van der Waals surface area contributed by atoms with Crippen LogP contribution >= 0.6 is 0 Å². The minimum absolute atomic E-state index is 0.405. The summed E-state index contributed by atoms with van der Waals surface area (Å²) in [6.07, 6.45) is 0. The number of hydrogen-bond donors (Lipinski definition) is 0. The van der Waals surface area contributed by atoms with Crippen LogP contribution in [0.25, 0.3) is 89.2 Å².